The number of pyridine rings is 1. The standard InChI is InChI=1S/C21H20N2O3S2/c1-2-26-17-9-4-3-8-16(17)22-21(27)19(20(25)18-10-6-12-28-18)23-11-5-7-15(13-23)14-24/h3-13,24H,2,14H2,1H3,(H-,22,25,27). The molecule has 0 aliphatic carbocycles. The van der Waals surface area contributed by atoms with E-state index in [1.807, 2.05) is 42.6 Å². The van der Waals surface area contributed by atoms with Crippen LogP contribution in [-0.4, -0.2) is 16.7 Å². The molecule has 0 bridgehead atoms. The molecule has 1 aromatic carbocycles. The Bertz CT molecular complexity index is 985. The van der Waals surface area contributed by atoms with Gasteiger partial charge in [0.25, 0.3) is 0 Å². The highest BCUT2D eigenvalue weighted by Gasteiger charge is 2.21. The van der Waals surface area contributed by atoms with Gasteiger partial charge in [-0.25, -0.2) is 0 Å². The molecule has 0 unspecified atom stereocenters. The maximum absolute atomic E-state index is 13.2. The quantitative estimate of drug-likeness (QED) is 0.270. The molecule has 0 saturated heterocycles. The first-order valence-corrected chi connectivity index (χ1v) is 10.0. The maximum atomic E-state index is 13.2. The number of anilines is 1. The number of hydrogen-bond donors (Lipinski definition) is 2. The molecule has 5 nitrogen and oxygen atoms in total. The lowest BCUT2D eigenvalue weighted by Crippen LogP contribution is -2.40. The van der Waals surface area contributed by atoms with Crippen LogP contribution in [0.4, 0.5) is 5.69 Å². The van der Waals surface area contributed by atoms with Crippen molar-refractivity contribution in [1.82, 2.24) is 0 Å². The Hall–Kier alpha value is -2.74. The molecule has 0 aliphatic heterocycles. The highest BCUT2D eigenvalue weighted by Crippen LogP contribution is 2.26. The van der Waals surface area contributed by atoms with E-state index >= 15 is 0 Å². The molecule has 0 aliphatic rings. The van der Waals surface area contributed by atoms with Crippen LogP contribution < -0.4 is 19.7 Å². The number of thiocarbonyl (C=S) groups is 1. The SMILES string of the molecule is CCOc1ccccc1NC(=S)C(=C([O-])c1cccs1)[n+]1cccc(CO)c1. The van der Waals surface area contributed by atoms with Crippen molar-refractivity contribution in [2.75, 3.05) is 11.9 Å². The van der Waals surface area contributed by atoms with Crippen molar-refractivity contribution >= 4 is 45.7 Å². The molecule has 28 heavy (non-hydrogen) atoms. The number of para-hydroxylation sites is 2. The van der Waals surface area contributed by atoms with Crippen LogP contribution in [0.1, 0.15) is 17.4 Å². The summed E-state index contributed by atoms with van der Waals surface area (Å²) in [5, 5.41) is 27.6. The topological polar surface area (TPSA) is 68.4 Å². The van der Waals surface area contributed by atoms with Gasteiger partial charge >= 0.3 is 0 Å². The minimum Gasteiger partial charge on any atom is -0.867 e. The predicted octanol–water partition coefficient (Wildman–Crippen LogP) is 3.05. The van der Waals surface area contributed by atoms with Gasteiger partial charge in [0.05, 0.1) is 18.9 Å². The van der Waals surface area contributed by atoms with E-state index in [1.165, 1.54) is 11.3 Å². The molecule has 2 aromatic heterocycles. The number of nitrogens with zero attached hydrogens (tertiary/aromatic N) is 1. The zero-order valence-corrected chi connectivity index (χ0v) is 16.9. The molecule has 3 aromatic rings. The average Bonchev–Trinajstić information content (AvgIpc) is 3.25. The Kier molecular flexibility index (Phi) is 6.76. The molecule has 2 heterocycles. The molecule has 3 rings (SSSR count). The van der Waals surface area contributed by atoms with E-state index in [-0.39, 0.29) is 17.4 Å². The van der Waals surface area contributed by atoms with Crippen molar-refractivity contribution in [3.63, 3.8) is 0 Å². The predicted molar refractivity (Wildman–Crippen MR) is 114 cm³/mol. The molecule has 0 fully saturated rings. The minimum absolute atomic E-state index is 0.130. The summed E-state index contributed by atoms with van der Waals surface area (Å²) in [4.78, 5) is 0.852. The Labute approximate surface area is 173 Å². The summed E-state index contributed by atoms with van der Waals surface area (Å²) >= 11 is 6.96. The molecule has 0 spiro atoms. The number of rotatable bonds is 7. The fraction of sp³-hybridized carbons (Fsp3) is 0.143. The van der Waals surface area contributed by atoms with Gasteiger partial charge in [0.2, 0.25) is 5.70 Å². The highest BCUT2D eigenvalue weighted by atomic mass is 32.1. The van der Waals surface area contributed by atoms with Crippen molar-refractivity contribution in [3.05, 3.63) is 76.7 Å². The number of aromatic nitrogens is 1. The van der Waals surface area contributed by atoms with Crippen molar-refractivity contribution in [1.29, 1.82) is 0 Å². The van der Waals surface area contributed by atoms with E-state index < -0.39 is 0 Å². The molecule has 0 radical (unpaired) electrons. The third-order valence-corrected chi connectivity index (χ3v) is 5.08. The van der Waals surface area contributed by atoms with Gasteiger partial charge in [0.1, 0.15) is 5.75 Å². The van der Waals surface area contributed by atoms with Crippen LogP contribution in [0.3, 0.4) is 0 Å². The normalized spacial score (nSPS) is 11.6. The smallest absolute Gasteiger partial charge is 0.239 e. The largest absolute Gasteiger partial charge is 0.867 e. The number of hydrogen-bond acceptors (Lipinski definition) is 5. The third kappa shape index (κ3) is 4.56. The molecule has 2 N–H and O–H groups in total. The molecule has 7 heteroatoms. The lowest BCUT2D eigenvalue weighted by Gasteiger charge is -2.17. The minimum atomic E-state index is -0.193. The van der Waals surface area contributed by atoms with Gasteiger partial charge in [0.15, 0.2) is 17.4 Å². The van der Waals surface area contributed by atoms with E-state index in [0.29, 0.717) is 34.2 Å². The molecule has 0 atom stereocenters. The molecule has 144 valence electrons. The summed E-state index contributed by atoms with van der Waals surface area (Å²) in [5.41, 5.74) is 1.67. The van der Waals surface area contributed by atoms with E-state index in [2.05, 4.69) is 5.32 Å². The van der Waals surface area contributed by atoms with Gasteiger partial charge in [0, 0.05) is 16.5 Å². The monoisotopic (exact) mass is 412 g/mol. The zero-order chi connectivity index (χ0) is 19.9. The number of aliphatic hydroxyl groups is 1. The van der Waals surface area contributed by atoms with Crippen molar-refractivity contribution in [3.8, 4) is 5.75 Å². The van der Waals surface area contributed by atoms with Crippen LogP contribution in [0, 0.1) is 0 Å². The lowest BCUT2D eigenvalue weighted by atomic mass is 10.2. The van der Waals surface area contributed by atoms with Crippen LogP contribution in [0.25, 0.3) is 11.5 Å². The number of thiophene rings is 1. The summed E-state index contributed by atoms with van der Waals surface area (Å²) in [7, 11) is 0. The van der Waals surface area contributed by atoms with Gasteiger partial charge in [-0.3, -0.25) is 0 Å². The van der Waals surface area contributed by atoms with E-state index in [9.17, 15) is 10.2 Å². The van der Waals surface area contributed by atoms with Crippen molar-refractivity contribution in [2.45, 2.75) is 13.5 Å². The van der Waals surface area contributed by atoms with Gasteiger partial charge in [-0.1, -0.05) is 30.4 Å². The number of ether oxygens (including phenoxy) is 1. The molecular formula is C21H20N2O3S2. The first-order chi connectivity index (χ1) is 13.6. The van der Waals surface area contributed by atoms with E-state index in [1.54, 1.807) is 35.2 Å². The van der Waals surface area contributed by atoms with Crippen LogP contribution in [-0.2, 0) is 6.61 Å². The number of aliphatic hydroxyl groups excluding tert-OH is 1. The summed E-state index contributed by atoms with van der Waals surface area (Å²) in [6.07, 6.45) is 3.44. The van der Waals surface area contributed by atoms with Crippen molar-refractivity contribution < 1.29 is 19.5 Å². The summed E-state index contributed by atoms with van der Waals surface area (Å²) < 4.78 is 7.28. The summed E-state index contributed by atoms with van der Waals surface area (Å²) in [6, 6.07) is 14.6. The number of benzene rings is 1. The molecule has 0 amide bonds. The van der Waals surface area contributed by atoms with Crippen LogP contribution in [0.15, 0.2) is 66.3 Å². The second-order valence-corrected chi connectivity index (χ2v) is 7.17. The molecular weight excluding hydrogens is 392 g/mol. The maximum Gasteiger partial charge on any atom is 0.239 e. The van der Waals surface area contributed by atoms with Crippen LogP contribution in [0.5, 0.6) is 5.75 Å². The van der Waals surface area contributed by atoms with Gasteiger partial charge in [-0.15, -0.1) is 11.3 Å². The lowest BCUT2D eigenvalue weighted by molar-refractivity contribution is -0.578. The second-order valence-electron chi connectivity index (χ2n) is 5.82. The first-order valence-electron chi connectivity index (χ1n) is 8.73. The van der Waals surface area contributed by atoms with Crippen molar-refractivity contribution in [2.24, 2.45) is 0 Å². The average molecular weight is 413 g/mol. The van der Waals surface area contributed by atoms with Gasteiger partial charge in [-0.2, -0.15) is 4.57 Å². The van der Waals surface area contributed by atoms with Crippen LogP contribution in [0.2, 0.25) is 0 Å². The summed E-state index contributed by atoms with van der Waals surface area (Å²) in [6.45, 7) is 2.29. The number of nitrogens with one attached hydrogen (secondary N) is 1. The fourth-order valence-electron chi connectivity index (χ4n) is 2.65. The van der Waals surface area contributed by atoms with E-state index in [4.69, 9.17) is 17.0 Å². The van der Waals surface area contributed by atoms with Gasteiger partial charge < -0.3 is 20.3 Å². The fourth-order valence-corrected chi connectivity index (χ4v) is 3.62. The Morgan fingerprint density at radius 2 is 2.04 bits per heavy atom. The Morgan fingerprint density at radius 1 is 1.21 bits per heavy atom. The Balaban J connectivity index is 2.05. The van der Waals surface area contributed by atoms with E-state index in [0.717, 1.165) is 0 Å². The highest BCUT2D eigenvalue weighted by molar-refractivity contribution is 7.81. The zero-order valence-electron chi connectivity index (χ0n) is 15.3. The first kappa shape index (κ1) is 20.0. The van der Waals surface area contributed by atoms with Gasteiger partial charge in [-0.05, 0) is 42.3 Å². The van der Waals surface area contributed by atoms with Crippen LogP contribution >= 0.6 is 23.6 Å². The third-order valence-electron chi connectivity index (χ3n) is 3.91. The molecule has 0 saturated carbocycles. The second kappa shape index (κ2) is 9.45. The summed E-state index contributed by atoms with van der Waals surface area (Å²) in [5.74, 6) is 0.464. The Morgan fingerprint density at radius 3 is 2.75 bits per heavy atom.